The molecular weight excluding hydrogens is 227 g/mol. The van der Waals surface area contributed by atoms with Crippen LogP contribution < -0.4 is 0 Å². The number of allylic oxidation sites excluding steroid dienone is 1. The molecule has 0 aliphatic carbocycles. The molecule has 0 fully saturated rings. The molecule has 2 heteroatoms. The molecule has 90 valence electrons. The molecule has 0 saturated heterocycles. The highest BCUT2D eigenvalue weighted by Gasteiger charge is 2.00. The fourth-order valence-corrected chi connectivity index (χ4v) is 1.64. The molecule has 0 aromatic heterocycles. The number of rotatable bonds is 3. The fourth-order valence-electron chi connectivity index (χ4n) is 1.64. The third-order valence-corrected chi connectivity index (χ3v) is 2.60. The van der Waals surface area contributed by atoms with Gasteiger partial charge < -0.3 is 0 Å². The van der Waals surface area contributed by atoms with Crippen molar-refractivity contribution >= 4 is 11.9 Å². The predicted octanol–water partition coefficient (Wildman–Crippen LogP) is 4.03. The highest BCUT2D eigenvalue weighted by molar-refractivity contribution is 6.06. The molecule has 18 heavy (non-hydrogen) atoms. The van der Waals surface area contributed by atoms with Crippen molar-refractivity contribution in [2.75, 3.05) is 0 Å². The standard InChI is InChI=1S/C16H13FO/c1-12-3-2-4-14(11-12)16(18)10-7-13-5-8-15(17)9-6-13/h2-11H,1H3/b10-7+. The summed E-state index contributed by atoms with van der Waals surface area (Å²) in [7, 11) is 0. The summed E-state index contributed by atoms with van der Waals surface area (Å²) in [5, 5.41) is 0. The third-order valence-electron chi connectivity index (χ3n) is 2.60. The van der Waals surface area contributed by atoms with E-state index in [0.29, 0.717) is 5.56 Å². The summed E-state index contributed by atoms with van der Waals surface area (Å²) in [6.07, 6.45) is 3.19. The maximum absolute atomic E-state index is 12.7. The van der Waals surface area contributed by atoms with Gasteiger partial charge in [0.05, 0.1) is 0 Å². The Bertz CT molecular complexity index is 582. The number of carbonyl (C=O) groups is 1. The van der Waals surface area contributed by atoms with Crippen molar-refractivity contribution in [1.82, 2.24) is 0 Å². The van der Waals surface area contributed by atoms with E-state index in [1.54, 1.807) is 24.3 Å². The summed E-state index contributed by atoms with van der Waals surface area (Å²) >= 11 is 0. The van der Waals surface area contributed by atoms with Crippen LogP contribution in [0.15, 0.2) is 54.6 Å². The molecule has 0 bridgehead atoms. The Morgan fingerprint density at radius 2 is 1.83 bits per heavy atom. The van der Waals surface area contributed by atoms with Gasteiger partial charge in [-0.15, -0.1) is 0 Å². The molecule has 0 spiro atoms. The first-order chi connectivity index (χ1) is 8.65. The van der Waals surface area contributed by atoms with Crippen molar-refractivity contribution in [2.24, 2.45) is 0 Å². The fraction of sp³-hybridized carbons (Fsp3) is 0.0625. The van der Waals surface area contributed by atoms with Gasteiger partial charge in [0.1, 0.15) is 5.82 Å². The zero-order chi connectivity index (χ0) is 13.0. The average Bonchev–Trinajstić information content (AvgIpc) is 2.38. The number of carbonyl (C=O) groups excluding carboxylic acids is 1. The van der Waals surface area contributed by atoms with E-state index in [1.165, 1.54) is 18.2 Å². The van der Waals surface area contributed by atoms with Crippen molar-refractivity contribution < 1.29 is 9.18 Å². The van der Waals surface area contributed by atoms with Crippen LogP contribution in [0.25, 0.3) is 6.08 Å². The van der Waals surface area contributed by atoms with Crippen LogP contribution >= 0.6 is 0 Å². The van der Waals surface area contributed by atoms with Gasteiger partial charge in [-0.2, -0.15) is 0 Å². The Morgan fingerprint density at radius 1 is 1.11 bits per heavy atom. The van der Waals surface area contributed by atoms with Crippen LogP contribution in [0.3, 0.4) is 0 Å². The van der Waals surface area contributed by atoms with Gasteiger partial charge in [-0.05, 0) is 36.8 Å². The summed E-state index contributed by atoms with van der Waals surface area (Å²) in [5.41, 5.74) is 2.52. The number of halogens is 1. The first-order valence-electron chi connectivity index (χ1n) is 5.70. The van der Waals surface area contributed by atoms with Crippen LogP contribution in [0, 0.1) is 12.7 Å². The number of aryl methyl sites for hydroxylation is 1. The lowest BCUT2D eigenvalue weighted by molar-refractivity contribution is 0.104. The molecule has 0 aliphatic rings. The van der Waals surface area contributed by atoms with Crippen LogP contribution in [-0.4, -0.2) is 5.78 Å². The Balaban J connectivity index is 2.14. The minimum absolute atomic E-state index is 0.0528. The molecule has 1 nitrogen and oxygen atoms in total. The molecular formula is C16H13FO. The third kappa shape index (κ3) is 3.14. The Morgan fingerprint density at radius 3 is 2.50 bits per heavy atom. The van der Waals surface area contributed by atoms with Crippen LogP contribution in [0.1, 0.15) is 21.5 Å². The molecule has 0 saturated carbocycles. The molecule has 2 aromatic carbocycles. The highest BCUT2D eigenvalue weighted by Crippen LogP contribution is 2.08. The van der Waals surface area contributed by atoms with Crippen molar-refractivity contribution in [3.8, 4) is 0 Å². The lowest BCUT2D eigenvalue weighted by Crippen LogP contribution is -1.94. The number of benzene rings is 2. The Hall–Kier alpha value is -2.22. The molecule has 0 amide bonds. The number of hydrogen-bond donors (Lipinski definition) is 0. The van der Waals surface area contributed by atoms with Crippen LogP contribution in [0.5, 0.6) is 0 Å². The molecule has 0 N–H and O–H groups in total. The highest BCUT2D eigenvalue weighted by atomic mass is 19.1. The van der Waals surface area contributed by atoms with Gasteiger partial charge in [0.15, 0.2) is 5.78 Å². The molecule has 2 rings (SSSR count). The van der Waals surface area contributed by atoms with Gasteiger partial charge in [0.25, 0.3) is 0 Å². The van der Waals surface area contributed by atoms with Gasteiger partial charge in [-0.25, -0.2) is 4.39 Å². The van der Waals surface area contributed by atoms with Crippen molar-refractivity contribution in [3.05, 3.63) is 77.1 Å². The zero-order valence-corrected chi connectivity index (χ0v) is 10.1. The summed E-state index contributed by atoms with van der Waals surface area (Å²) in [6.45, 7) is 1.94. The topological polar surface area (TPSA) is 17.1 Å². The Labute approximate surface area is 106 Å². The van der Waals surface area contributed by atoms with E-state index < -0.39 is 0 Å². The normalized spacial score (nSPS) is 10.8. The van der Waals surface area contributed by atoms with Gasteiger partial charge in [0, 0.05) is 5.56 Å². The Kier molecular flexibility index (Phi) is 3.68. The maximum Gasteiger partial charge on any atom is 0.185 e. The van der Waals surface area contributed by atoms with Crippen molar-refractivity contribution in [2.45, 2.75) is 6.92 Å². The van der Waals surface area contributed by atoms with Crippen LogP contribution in [-0.2, 0) is 0 Å². The second kappa shape index (κ2) is 5.41. The molecule has 0 radical (unpaired) electrons. The van der Waals surface area contributed by atoms with Crippen molar-refractivity contribution in [1.29, 1.82) is 0 Å². The minimum Gasteiger partial charge on any atom is -0.289 e. The summed E-state index contributed by atoms with van der Waals surface area (Å²) < 4.78 is 12.7. The SMILES string of the molecule is Cc1cccc(C(=O)/C=C/c2ccc(F)cc2)c1. The first-order valence-corrected chi connectivity index (χ1v) is 5.70. The molecule has 2 aromatic rings. The van der Waals surface area contributed by atoms with E-state index in [9.17, 15) is 9.18 Å². The maximum atomic E-state index is 12.7. The molecule has 0 unspecified atom stereocenters. The van der Waals surface area contributed by atoms with Crippen LogP contribution in [0.2, 0.25) is 0 Å². The second-order valence-electron chi connectivity index (χ2n) is 4.12. The lowest BCUT2D eigenvalue weighted by atomic mass is 10.1. The minimum atomic E-state index is -0.280. The summed E-state index contributed by atoms with van der Waals surface area (Å²) in [4.78, 5) is 11.9. The summed E-state index contributed by atoms with van der Waals surface area (Å²) in [6, 6.07) is 13.4. The molecule has 0 heterocycles. The summed E-state index contributed by atoms with van der Waals surface area (Å²) in [5.74, 6) is -0.333. The van der Waals surface area contributed by atoms with E-state index in [0.717, 1.165) is 11.1 Å². The largest absolute Gasteiger partial charge is 0.289 e. The monoisotopic (exact) mass is 240 g/mol. The average molecular weight is 240 g/mol. The second-order valence-corrected chi connectivity index (χ2v) is 4.12. The molecule has 0 atom stereocenters. The quantitative estimate of drug-likeness (QED) is 0.584. The predicted molar refractivity (Wildman–Crippen MR) is 70.9 cm³/mol. The lowest BCUT2D eigenvalue weighted by Gasteiger charge is -1.97. The van der Waals surface area contributed by atoms with Crippen LogP contribution in [0.4, 0.5) is 4.39 Å². The van der Waals surface area contributed by atoms with E-state index in [-0.39, 0.29) is 11.6 Å². The van der Waals surface area contributed by atoms with E-state index in [1.807, 2.05) is 25.1 Å². The van der Waals surface area contributed by atoms with E-state index in [4.69, 9.17) is 0 Å². The van der Waals surface area contributed by atoms with Gasteiger partial charge >= 0.3 is 0 Å². The van der Waals surface area contributed by atoms with Gasteiger partial charge in [-0.1, -0.05) is 42.0 Å². The number of hydrogen-bond acceptors (Lipinski definition) is 1. The van der Waals surface area contributed by atoms with E-state index >= 15 is 0 Å². The zero-order valence-electron chi connectivity index (χ0n) is 10.1. The van der Waals surface area contributed by atoms with Gasteiger partial charge in [-0.3, -0.25) is 4.79 Å². The smallest absolute Gasteiger partial charge is 0.185 e. The first kappa shape index (κ1) is 12.2. The molecule has 0 aliphatic heterocycles. The van der Waals surface area contributed by atoms with Gasteiger partial charge in [0.2, 0.25) is 0 Å². The van der Waals surface area contributed by atoms with Crippen molar-refractivity contribution in [3.63, 3.8) is 0 Å². The van der Waals surface area contributed by atoms with E-state index in [2.05, 4.69) is 0 Å². The number of ketones is 1.